The highest BCUT2D eigenvalue weighted by Gasteiger charge is 2.32. The normalized spacial score (nSPS) is 19.0. The summed E-state index contributed by atoms with van der Waals surface area (Å²) in [7, 11) is 0. The first-order valence-corrected chi connectivity index (χ1v) is 9.33. The number of rotatable bonds is 6. The molecule has 0 spiro atoms. The van der Waals surface area contributed by atoms with Crippen LogP contribution in [0, 0.1) is 0 Å². The molecule has 1 aromatic carbocycles. The minimum Gasteiger partial charge on any atom is -0.352 e. The molecule has 0 aliphatic carbocycles. The largest absolute Gasteiger partial charge is 0.352 e. The third-order valence-electron chi connectivity index (χ3n) is 5.28. The summed E-state index contributed by atoms with van der Waals surface area (Å²) >= 11 is 0. The van der Waals surface area contributed by atoms with E-state index in [1.54, 1.807) is 6.08 Å². The smallest absolute Gasteiger partial charge is 0.244 e. The molecule has 1 atom stereocenters. The molecule has 3 rings (SSSR count). The van der Waals surface area contributed by atoms with Gasteiger partial charge in [0.2, 0.25) is 11.8 Å². The van der Waals surface area contributed by atoms with Crippen LogP contribution < -0.4 is 10.2 Å². The first-order valence-electron chi connectivity index (χ1n) is 9.33. The van der Waals surface area contributed by atoms with Crippen LogP contribution in [0.15, 0.2) is 36.9 Å². The number of benzene rings is 1. The fourth-order valence-electron chi connectivity index (χ4n) is 3.70. The molecule has 2 aliphatic rings. The summed E-state index contributed by atoms with van der Waals surface area (Å²) in [6.45, 7) is 10.5. The number of fused-ring (bicyclic) bond motifs is 1. The predicted octanol–water partition coefficient (Wildman–Crippen LogP) is 0.884. The Balaban J connectivity index is 1.51. The van der Waals surface area contributed by atoms with Gasteiger partial charge in [-0.1, -0.05) is 24.3 Å². The molecule has 0 saturated carbocycles. The summed E-state index contributed by atoms with van der Waals surface area (Å²) in [6, 6.07) is 8.01. The highest BCUT2D eigenvalue weighted by atomic mass is 16.2. The minimum atomic E-state index is -0.141. The summed E-state index contributed by atoms with van der Waals surface area (Å²) in [4.78, 5) is 31.1. The molecule has 2 aliphatic heterocycles. The standard InChI is InChI=1S/C20H28N4O2/c1-3-9-21-19(25)15-22-11-13-23(14-12-22)16(2)20(26)24-10-8-17-6-4-5-7-18(17)24/h3-7,16H,1,8-15H2,2H3,(H,21,25). The van der Waals surface area contributed by atoms with E-state index in [4.69, 9.17) is 0 Å². The van der Waals surface area contributed by atoms with Crippen molar-refractivity contribution in [2.24, 2.45) is 0 Å². The molecule has 6 nitrogen and oxygen atoms in total. The van der Waals surface area contributed by atoms with Crippen molar-refractivity contribution in [3.05, 3.63) is 42.5 Å². The van der Waals surface area contributed by atoms with Gasteiger partial charge in [-0.3, -0.25) is 19.4 Å². The molecule has 26 heavy (non-hydrogen) atoms. The Labute approximate surface area is 155 Å². The van der Waals surface area contributed by atoms with Crippen molar-refractivity contribution in [3.8, 4) is 0 Å². The molecule has 1 N–H and O–H groups in total. The first kappa shape index (κ1) is 18.6. The van der Waals surface area contributed by atoms with Crippen molar-refractivity contribution >= 4 is 17.5 Å². The average molecular weight is 356 g/mol. The molecule has 0 radical (unpaired) electrons. The van der Waals surface area contributed by atoms with Gasteiger partial charge in [-0.25, -0.2) is 0 Å². The van der Waals surface area contributed by atoms with E-state index >= 15 is 0 Å². The number of piperazine rings is 1. The maximum Gasteiger partial charge on any atom is 0.244 e. The summed E-state index contributed by atoms with van der Waals surface area (Å²) in [5.74, 6) is 0.197. The van der Waals surface area contributed by atoms with Crippen molar-refractivity contribution in [2.45, 2.75) is 19.4 Å². The van der Waals surface area contributed by atoms with E-state index in [2.05, 4.69) is 27.8 Å². The van der Waals surface area contributed by atoms with Crippen molar-refractivity contribution in [1.82, 2.24) is 15.1 Å². The van der Waals surface area contributed by atoms with Crippen molar-refractivity contribution in [1.29, 1.82) is 0 Å². The van der Waals surface area contributed by atoms with Crippen LogP contribution in [0.1, 0.15) is 12.5 Å². The first-order chi connectivity index (χ1) is 12.6. The van der Waals surface area contributed by atoms with Crippen LogP contribution in [0.3, 0.4) is 0 Å². The zero-order valence-corrected chi connectivity index (χ0v) is 15.5. The number of para-hydroxylation sites is 1. The fraction of sp³-hybridized carbons (Fsp3) is 0.500. The van der Waals surface area contributed by atoms with Gasteiger partial charge in [0.25, 0.3) is 0 Å². The summed E-state index contributed by atoms with van der Waals surface area (Å²) in [5.41, 5.74) is 2.31. The van der Waals surface area contributed by atoms with Crippen LogP contribution in [-0.2, 0) is 16.0 Å². The molecule has 1 aromatic rings. The number of hydrogen-bond acceptors (Lipinski definition) is 4. The maximum absolute atomic E-state index is 13.0. The minimum absolute atomic E-state index is 0.0242. The lowest BCUT2D eigenvalue weighted by Gasteiger charge is -2.38. The van der Waals surface area contributed by atoms with E-state index in [1.807, 2.05) is 30.0 Å². The second-order valence-corrected chi connectivity index (χ2v) is 6.95. The third-order valence-corrected chi connectivity index (χ3v) is 5.28. The van der Waals surface area contributed by atoms with E-state index in [-0.39, 0.29) is 17.9 Å². The van der Waals surface area contributed by atoms with Crippen LogP contribution in [0.4, 0.5) is 5.69 Å². The molecular formula is C20H28N4O2. The molecular weight excluding hydrogens is 328 g/mol. The van der Waals surface area contributed by atoms with Crippen LogP contribution in [0.5, 0.6) is 0 Å². The second-order valence-electron chi connectivity index (χ2n) is 6.95. The van der Waals surface area contributed by atoms with E-state index in [0.29, 0.717) is 13.1 Å². The molecule has 1 fully saturated rings. The Morgan fingerprint density at radius 1 is 1.19 bits per heavy atom. The Morgan fingerprint density at radius 2 is 1.92 bits per heavy atom. The number of amides is 2. The molecule has 1 saturated heterocycles. The zero-order valence-electron chi connectivity index (χ0n) is 15.5. The predicted molar refractivity (Wildman–Crippen MR) is 103 cm³/mol. The fourth-order valence-corrected chi connectivity index (χ4v) is 3.70. The van der Waals surface area contributed by atoms with Crippen molar-refractivity contribution < 1.29 is 9.59 Å². The van der Waals surface area contributed by atoms with Gasteiger partial charge in [-0.2, -0.15) is 0 Å². The third kappa shape index (κ3) is 4.14. The molecule has 6 heteroatoms. The number of anilines is 1. The van der Waals surface area contributed by atoms with E-state index in [9.17, 15) is 9.59 Å². The zero-order chi connectivity index (χ0) is 18.5. The highest BCUT2D eigenvalue weighted by Crippen LogP contribution is 2.28. The monoisotopic (exact) mass is 356 g/mol. The van der Waals surface area contributed by atoms with Crippen LogP contribution in [0.25, 0.3) is 0 Å². The molecule has 2 heterocycles. The SMILES string of the molecule is C=CCNC(=O)CN1CCN(C(C)C(=O)N2CCc3ccccc32)CC1. The van der Waals surface area contributed by atoms with Gasteiger partial charge in [-0.15, -0.1) is 6.58 Å². The summed E-state index contributed by atoms with van der Waals surface area (Å²) < 4.78 is 0. The Hall–Kier alpha value is -2.18. The van der Waals surface area contributed by atoms with Gasteiger partial charge in [0.1, 0.15) is 0 Å². The number of carbonyl (C=O) groups is 2. The molecule has 0 bridgehead atoms. The lowest BCUT2D eigenvalue weighted by molar-refractivity contribution is -0.125. The van der Waals surface area contributed by atoms with Crippen LogP contribution >= 0.6 is 0 Å². The Bertz CT molecular complexity index is 668. The Morgan fingerprint density at radius 3 is 2.65 bits per heavy atom. The second kappa shape index (κ2) is 8.47. The highest BCUT2D eigenvalue weighted by molar-refractivity contribution is 5.98. The lowest BCUT2D eigenvalue weighted by Crippen LogP contribution is -2.55. The quantitative estimate of drug-likeness (QED) is 0.769. The summed E-state index contributed by atoms with van der Waals surface area (Å²) in [5, 5.41) is 2.81. The van der Waals surface area contributed by atoms with Crippen LogP contribution in [-0.4, -0.2) is 73.5 Å². The van der Waals surface area contributed by atoms with Crippen molar-refractivity contribution in [2.75, 3.05) is 50.7 Å². The van der Waals surface area contributed by atoms with E-state index in [1.165, 1.54) is 5.56 Å². The van der Waals surface area contributed by atoms with Gasteiger partial charge < -0.3 is 10.2 Å². The van der Waals surface area contributed by atoms with E-state index in [0.717, 1.165) is 44.8 Å². The topological polar surface area (TPSA) is 55.9 Å². The van der Waals surface area contributed by atoms with Gasteiger partial charge >= 0.3 is 0 Å². The molecule has 0 aromatic heterocycles. The van der Waals surface area contributed by atoms with Crippen molar-refractivity contribution in [3.63, 3.8) is 0 Å². The lowest BCUT2D eigenvalue weighted by atomic mass is 10.1. The van der Waals surface area contributed by atoms with Crippen LogP contribution in [0.2, 0.25) is 0 Å². The number of nitrogens with zero attached hydrogens (tertiary/aromatic N) is 3. The number of carbonyl (C=O) groups excluding carboxylic acids is 2. The van der Waals surface area contributed by atoms with Gasteiger partial charge in [0.15, 0.2) is 0 Å². The molecule has 140 valence electrons. The molecule has 2 amide bonds. The van der Waals surface area contributed by atoms with Gasteiger partial charge in [0.05, 0.1) is 12.6 Å². The summed E-state index contributed by atoms with van der Waals surface area (Å²) in [6.07, 6.45) is 2.61. The van der Waals surface area contributed by atoms with Gasteiger partial charge in [0, 0.05) is 45.0 Å². The van der Waals surface area contributed by atoms with E-state index < -0.39 is 0 Å². The number of hydrogen-bond donors (Lipinski definition) is 1. The number of nitrogens with one attached hydrogen (secondary N) is 1. The maximum atomic E-state index is 13.0. The average Bonchev–Trinajstić information content (AvgIpc) is 3.10. The Kier molecular flexibility index (Phi) is 6.06. The molecule has 1 unspecified atom stereocenters. The van der Waals surface area contributed by atoms with Gasteiger partial charge in [-0.05, 0) is 25.0 Å².